The third-order valence-electron chi connectivity index (χ3n) is 1.46. The summed E-state index contributed by atoms with van der Waals surface area (Å²) in [6, 6.07) is 0. The van der Waals surface area contributed by atoms with Crippen molar-refractivity contribution in [3.8, 4) is 0 Å². The molecule has 0 aliphatic carbocycles. The van der Waals surface area contributed by atoms with Gasteiger partial charge in [-0.25, -0.2) is 0 Å². The molecule has 13 heavy (non-hydrogen) atoms. The van der Waals surface area contributed by atoms with E-state index in [-0.39, 0.29) is 0 Å². The molecule has 0 rings (SSSR count). The standard InChI is InChI=1S/C9H22N2O2/c1-8(2)6-13-7-9(12)5-11-4-3-10/h8-9,11-12H,3-7,10H2,1-2H3. The van der Waals surface area contributed by atoms with E-state index >= 15 is 0 Å². The molecule has 80 valence electrons. The Balaban J connectivity index is 3.15. The van der Waals surface area contributed by atoms with Crippen LogP contribution in [0.2, 0.25) is 0 Å². The van der Waals surface area contributed by atoms with E-state index in [0.717, 1.165) is 6.54 Å². The smallest absolute Gasteiger partial charge is 0.0897 e. The molecule has 0 aromatic carbocycles. The molecule has 0 aliphatic heterocycles. The molecule has 1 unspecified atom stereocenters. The molecule has 4 N–H and O–H groups in total. The second-order valence-corrected chi connectivity index (χ2v) is 3.58. The minimum atomic E-state index is -0.426. The SMILES string of the molecule is CC(C)COCC(O)CNCCN. The van der Waals surface area contributed by atoms with Crippen LogP contribution in [0.1, 0.15) is 13.8 Å². The summed E-state index contributed by atoms with van der Waals surface area (Å²) >= 11 is 0. The fraction of sp³-hybridized carbons (Fsp3) is 1.00. The lowest BCUT2D eigenvalue weighted by Gasteiger charge is -2.12. The zero-order chi connectivity index (χ0) is 10.1. The maximum absolute atomic E-state index is 9.36. The van der Waals surface area contributed by atoms with Crippen molar-refractivity contribution in [2.75, 3.05) is 32.8 Å². The van der Waals surface area contributed by atoms with Gasteiger partial charge < -0.3 is 20.9 Å². The summed E-state index contributed by atoms with van der Waals surface area (Å²) in [6.07, 6.45) is -0.426. The normalized spacial score (nSPS) is 13.6. The summed E-state index contributed by atoms with van der Waals surface area (Å²) in [5, 5.41) is 12.4. The van der Waals surface area contributed by atoms with Gasteiger partial charge in [0.2, 0.25) is 0 Å². The number of aliphatic hydroxyl groups is 1. The minimum Gasteiger partial charge on any atom is -0.389 e. The largest absolute Gasteiger partial charge is 0.389 e. The third kappa shape index (κ3) is 9.76. The highest BCUT2D eigenvalue weighted by molar-refractivity contribution is 4.58. The summed E-state index contributed by atoms with van der Waals surface area (Å²) in [7, 11) is 0. The van der Waals surface area contributed by atoms with E-state index in [9.17, 15) is 5.11 Å². The van der Waals surface area contributed by atoms with E-state index in [1.165, 1.54) is 0 Å². The second kappa shape index (κ2) is 8.44. The number of nitrogens with two attached hydrogens (primary N) is 1. The van der Waals surface area contributed by atoms with Gasteiger partial charge in [-0.3, -0.25) is 0 Å². The van der Waals surface area contributed by atoms with Crippen molar-refractivity contribution < 1.29 is 9.84 Å². The summed E-state index contributed by atoms with van der Waals surface area (Å²) in [5.41, 5.74) is 5.28. The summed E-state index contributed by atoms with van der Waals surface area (Å²) < 4.78 is 5.27. The van der Waals surface area contributed by atoms with Crippen molar-refractivity contribution in [2.45, 2.75) is 20.0 Å². The Hall–Kier alpha value is -0.160. The van der Waals surface area contributed by atoms with E-state index in [1.54, 1.807) is 0 Å². The molecule has 0 heterocycles. The predicted molar refractivity (Wildman–Crippen MR) is 53.6 cm³/mol. The van der Waals surface area contributed by atoms with Crippen molar-refractivity contribution >= 4 is 0 Å². The van der Waals surface area contributed by atoms with Gasteiger partial charge in [-0.15, -0.1) is 0 Å². The first-order valence-electron chi connectivity index (χ1n) is 4.83. The van der Waals surface area contributed by atoms with Crippen LogP contribution in [0.4, 0.5) is 0 Å². The van der Waals surface area contributed by atoms with Gasteiger partial charge in [-0.05, 0) is 5.92 Å². The lowest BCUT2D eigenvalue weighted by Crippen LogP contribution is -2.33. The lowest BCUT2D eigenvalue weighted by molar-refractivity contribution is 0.0263. The molecule has 0 aliphatic rings. The molecule has 0 aromatic heterocycles. The Labute approximate surface area is 80.5 Å². The number of aliphatic hydroxyl groups excluding tert-OH is 1. The Bertz CT molecular complexity index is 110. The maximum Gasteiger partial charge on any atom is 0.0897 e. The molecule has 4 heteroatoms. The summed E-state index contributed by atoms with van der Waals surface area (Å²) in [5.74, 6) is 0.518. The molecule has 0 radical (unpaired) electrons. The van der Waals surface area contributed by atoms with Gasteiger partial charge in [0.15, 0.2) is 0 Å². The van der Waals surface area contributed by atoms with Gasteiger partial charge in [0, 0.05) is 26.2 Å². The van der Waals surface area contributed by atoms with E-state index < -0.39 is 6.10 Å². The Kier molecular flexibility index (Phi) is 8.33. The number of hydrogen-bond acceptors (Lipinski definition) is 4. The number of nitrogens with one attached hydrogen (secondary N) is 1. The van der Waals surface area contributed by atoms with E-state index in [1.807, 2.05) is 0 Å². The van der Waals surface area contributed by atoms with Gasteiger partial charge >= 0.3 is 0 Å². The van der Waals surface area contributed by atoms with Crippen LogP contribution in [0, 0.1) is 5.92 Å². The van der Waals surface area contributed by atoms with Crippen molar-refractivity contribution in [3.05, 3.63) is 0 Å². The molecule has 0 saturated heterocycles. The van der Waals surface area contributed by atoms with Gasteiger partial charge in [0.05, 0.1) is 12.7 Å². The highest BCUT2D eigenvalue weighted by atomic mass is 16.5. The summed E-state index contributed by atoms with van der Waals surface area (Å²) in [6.45, 7) is 7.15. The topological polar surface area (TPSA) is 67.5 Å². The zero-order valence-electron chi connectivity index (χ0n) is 8.62. The van der Waals surface area contributed by atoms with Gasteiger partial charge in [-0.2, -0.15) is 0 Å². The lowest BCUT2D eigenvalue weighted by atomic mass is 10.2. The molecule has 0 amide bonds. The van der Waals surface area contributed by atoms with Gasteiger partial charge in [0.25, 0.3) is 0 Å². The quantitative estimate of drug-likeness (QED) is 0.454. The summed E-state index contributed by atoms with van der Waals surface area (Å²) in [4.78, 5) is 0. The highest BCUT2D eigenvalue weighted by Crippen LogP contribution is 1.93. The average Bonchev–Trinajstić information content (AvgIpc) is 2.04. The van der Waals surface area contributed by atoms with Crippen LogP contribution in [0.15, 0.2) is 0 Å². The van der Waals surface area contributed by atoms with Crippen LogP contribution in [0.3, 0.4) is 0 Å². The number of hydrogen-bond donors (Lipinski definition) is 3. The molecule has 1 atom stereocenters. The molecule has 0 aromatic rings. The maximum atomic E-state index is 9.36. The third-order valence-corrected chi connectivity index (χ3v) is 1.46. The van der Waals surface area contributed by atoms with Gasteiger partial charge in [0.1, 0.15) is 0 Å². The first kappa shape index (κ1) is 12.8. The van der Waals surface area contributed by atoms with Crippen LogP contribution in [0.5, 0.6) is 0 Å². The zero-order valence-corrected chi connectivity index (χ0v) is 8.62. The van der Waals surface area contributed by atoms with Crippen LogP contribution < -0.4 is 11.1 Å². The van der Waals surface area contributed by atoms with Crippen molar-refractivity contribution in [2.24, 2.45) is 11.7 Å². The Morgan fingerprint density at radius 2 is 2.08 bits per heavy atom. The van der Waals surface area contributed by atoms with Crippen molar-refractivity contribution in [1.29, 1.82) is 0 Å². The van der Waals surface area contributed by atoms with Crippen LogP contribution in [-0.4, -0.2) is 44.1 Å². The molecule has 0 saturated carbocycles. The number of rotatable bonds is 8. The van der Waals surface area contributed by atoms with Crippen LogP contribution in [-0.2, 0) is 4.74 Å². The monoisotopic (exact) mass is 190 g/mol. The van der Waals surface area contributed by atoms with E-state index in [2.05, 4.69) is 19.2 Å². The van der Waals surface area contributed by atoms with Crippen LogP contribution in [0.25, 0.3) is 0 Å². The molecule has 4 nitrogen and oxygen atoms in total. The minimum absolute atomic E-state index is 0.399. The Morgan fingerprint density at radius 3 is 2.62 bits per heavy atom. The van der Waals surface area contributed by atoms with Crippen LogP contribution >= 0.6 is 0 Å². The van der Waals surface area contributed by atoms with Crippen molar-refractivity contribution in [1.82, 2.24) is 5.32 Å². The Morgan fingerprint density at radius 1 is 1.38 bits per heavy atom. The number of ether oxygens (including phenoxy) is 1. The molecule has 0 spiro atoms. The first-order chi connectivity index (χ1) is 6.16. The van der Waals surface area contributed by atoms with E-state index in [4.69, 9.17) is 10.5 Å². The second-order valence-electron chi connectivity index (χ2n) is 3.58. The first-order valence-corrected chi connectivity index (χ1v) is 4.83. The van der Waals surface area contributed by atoms with Gasteiger partial charge in [-0.1, -0.05) is 13.8 Å². The predicted octanol–water partition coefficient (Wildman–Crippen LogP) is -0.432. The molecular formula is C9H22N2O2. The molecular weight excluding hydrogens is 168 g/mol. The fourth-order valence-corrected chi connectivity index (χ4v) is 0.869. The average molecular weight is 190 g/mol. The fourth-order valence-electron chi connectivity index (χ4n) is 0.869. The molecule has 0 bridgehead atoms. The van der Waals surface area contributed by atoms with Crippen molar-refractivity contribution in [3.63, 3.8) is 0 Å². The van der Waals surface area contributed by atoms with E-state index in [0.29, 0.717) is 32.2 Å². The molecule has 0 fully saturated rings. The highest BCUT2D eigenvalue weighted by Gasteiger charge is 2.03.